The van der Waals surface area contributed by atoms with Gasteiger partial charge in [-0.3, -0.25) is 0 Å². The van der Waals surface area contributed by atoms with Crippen LogP contribution in [0.3, 0.4) is 0 Å². The molecule has 0 heterocycles. The van der Waals surface area contributed by atoms with E-state index in [0.717, 1.165) is 30.9 Å². The molecule has 0 saturated heterocycles. The van der Waals surface area contributed by atoms with Crippen molar-refractivity contribution in [2.75, 3.05) is 29.9 Å². The van der Waals surface area contributed by atoms with Gasteiger partial charge < -0.3 is 15.3 Å². The third-order valence-corrected chi connectivity index (χ3v) is 3.17. The van der Waals surface area contributed by atoms with Crippen molar-refractivity contribution >= 4 is 11.4 Å². The lowest BCUT2D eigenvalue weighted by Gasteiger charge is -2.25. The van der Waals surface area contributed by atoms with E-state index < -0.39 is 0 Å². The van der Waals surface area contributed by atoms with E-state index >= 15 is 0 Å². The van der Waals surface area contributed by atoms with E-state index in [2.05, 4.69) is 30.3 Å². The number of hydrogen-bond acceptors (Lipinski definition) is 3. The van der Waals surface area contributed by atoms with Crippen LogP contribution in [-0.2, 0) is 0 Å². The molecule has 0 aliphatic heterocycles. The van der Waals surface area contributed by atoms with Gasteiger partial charge in [-0.2, -0.15) is 0 Å². The highest BCUT2D eigenvalue weighted by molar-refractivity contribution is 5.71. The summed E-state index contributed by atoms with van der Waals surface area (Å²) >= 11 is 0. The van der Waals surface area contributed by atoms with E-state index in [1.807, 2.05) is 24.3 Å². The number of rotatable bonds is 10. The Kier molecular flexibility index (Phi) is 7.33. The summed E-state index contributed by atoms with van der Waals surface area (Å²) < 4.78 is 0. The molecule has 0 atom stereocenters. The molecule has 2 N–H and O–H groups in total. The number of anilines is 2. The SMILES string of the molecule is C=CCNc1cccc(N(CC=C)CCCCC)c1O. The Labute approximate surface area is 122 Å². The van der Waals surface area contributed by atoms with Crippen molar-refractivity contribution in [3.63, 3.8) is 0 Å². The zero-order chi connectivity index (χ0) is 14.8. The molecule has 0 saturated carbocycles. The molecule has 0 spiro atoms. The van der Waals surface area contributed by atoms with Gasteiger partial charge in [0.25, 0.3) is 0 Å². The average Bonchev–Trinajstić information content (AvgIpc) is 2.46. The lowest BCUT2D eigenvalue weighted by Crippen LogP contribution is -2.24. The van der Waals surface area contributed by atoms with Crippen molar-refractivity contribution in [3.05, 3.63) is 43.5 Å². The van der Waals surface area contributed by atoms with Crippen LogP contribution in [-0.4, -0.2) is 24.7 Å². The molecule has 3 heteroatoms. The predicted octanol–water partition coefficient (Wildman–Crippen LogP) is 4.17. The number of aromatic hydroxyl groups is 1. The maximum Gasteiger partial charge on any atom is 0.162 e. The van der Waals surface area contributed by atoms with Gasteiger partial charge in [-0.15, -0.1) is 13.2 Å². The van der Waals surface area contributed by atoms with E-state index in [1.165, 1.54) is 12.8 Å². The summed E-state index contributed by atoms with van der Waals surface area (Å²) in [5.74, 6) is 0.299. The maximum atomic E-state index is 10.4. The second kappa shape index (κ2) is 9.08. The van der Waals surface area contributed by atoms with E-state index in [4.69, 9.17) is 0 Å². The van der Waals surface area contributed by atoms with Crippen molar-refractivity contribution < 1.29 is 5.11 Å². The standard InChI is InChI=1S/C17H26N2O/c1-4-7-8-14-19(13-6-3)16-11-9-10-15(17(16)20)18-12-5-2/h5-6,9-11,18,20H,2-4,7-8,12-14H2,1H3. The third-order valence-electron chi connectivity index (χ3n) is 3.17. The van der Waals surface area contributed by atoms with Crippen LogP contribution in [0.2, 0.25) is 0 Å². The highest BCUT2D eigenvalue weighted by Gasteiger charge is 2.12. The van der Waals surface area contributed by atoms with E-state index in [1.54, 1.807) is 6.08 Å². The first-order valence-corrected chi connectivity index (χ1v) is 7.27. The number of phenols is 1. The minimum absolute atomic E-state index is 0.299. The zero-order valence-electron chi connectivity index (χ0n) is 12.4. The van der Waals surface area contributed by atoms with Crippen molar-refractivity contribution in [1.82, 2.24) is 0 Å². The summed E-state index contributed by atoms with van der Waals surface area (Å²) in [6.45, 7) is 12.0. The summed E-state index contributed by atoms with van der Waals surface area (Å²) in [7, 11) is 0. The minimum Gasteiger partial charge on any atom is -0.504 e. The summed E-state index contributed by atoms with van der Waals surface area (Å²) in [4.78, 5) is 2.16. The molecule has 0 amide bonds. The average molecular weight is 274 g/mol. The van der Waals surface area contributed by atoms with Gasteiger partial charge in [-0.25, -0.2) is 0 Å². The van der Waals surface area contributed by atoms with Gasteiger partial charge in [0.05, 0.1) is 11.4 Å². The van der Waals surface area contributed by atoms with Crippen LogP contribution in [0.1, 0.15) is 26.2 Å². The monoisotopic (exact) mass is 274 g/mol. The molecule has 3 nitrogen and oxygen atoms in total. The Balaban J connectivity index is 2.88. The van der Waals surface area contributed by atoms with Crippen LogP contribution in [0, 0.1) is 0 Å². The van der Waals surface area contributed by atoms with Gasteiger partial charge in [-0.05, 0) is 18.6 Å². The van der Waals surface area contributed by atoms with Crippen LogP contribution < -0.4 is 10.2 Å². The summed E-state index contributed by atoms with van der Waals surface area (Å²) in [6.07, 6.45) is 7.15. The Bertz CT molecular complexity index is 429. The second-order valence-corrected chi connectivity index (χ2v) is 4.78. The first-order valence-electron chi connectivity index (χ1n) is 7.27. The van der Waals surface area contributed by atoms with Gasteiger partial charge >= 0.3 is 0 Å². The second-order valence-electron chi connectivity index (χ2n) is 4.78. The smallest absolute Gasteiger partial charge is 0.162 e. The van der Waals surface area contributed by atoms with Crippen molar-refractivity contribution in [3.8, 4) is 5.75 Å². The number of nitrogens with one attached hydrogen (secondary N) is 1. The molecule has 0 aromatic heterocycles. The first kappa shape index (κ1) is 16.2. The summed E-state index contributed by atoms with van der Waals surface area (Å²) in [5.41, 5.74) is 1.60. The topological polar surface area (TPSA) is 35.5 Å². The van der Waals surface area contributed by atoms with Crippen LogP contribution in [0.5, 0.6) is 5.75 Å². The maximum absolute atomic E-state index is 10.4. The fourth-order valence-corrected chi connectivity index (χ4v) is 2.13. The molecule has 0 bridgehead atoms. The number of hydrogen-bond donors (Lipinski definition) is 2. The molecule has 20 heavy (non-hydrogen) atoms. The van der Waals surface area contributed by atoms with Crippen molar-refractivity contribution in [1.29, 1.82) is 0 Å². The van der Waals surface area contributed by atoms with Gasteiger partial charge in [0.15, 0.2) is 5.75 Å². The minimum atomic E-state index is 0.299. The highest BCUT2D eigenvalue weighted by Crippen LogP contribution is 2.34. The third kappa shape index (κ3) is 4.65. The Hall–Kier alpha value is -1.90. The van der Waals surface area contributed by atoms with Gasteiger partial charge in [0, 0.05) is 19.6 Å². The molecule has 0 aliphatic rings. The Morgan fingerprint density at radius 2 is 2.05 bits per heavy atom. The fraction of sp³-hybridized carbons (Fsp3) is 0.412. The molecule has 1 rings (SSSR count). The molecule has 0 aliphatic carbocycles. The van der Waals surface area contributed by atoms with Crippen molar-refractivity contribution in [2.45, 2.75) is 26.2 Å². The van der Waals surface area contributed by atoms with E-state index in [0.29, 0.717) is 12.3 Å². The van der Waals surface area contributed by atoms with E-state index in [9.17, 15) is 5.11 Å². The van der Waals surface area contributed by atoms with E-state index in [-0.39, 0.29) is 0 Å². The van der Waals surface area contributed by atoms with Crippen LogP contribution in [0.15, 0.2) is 43.5 Å². The number of phenolic OH excluding ortho intramolecular Hbond substituents is 1. The number of unbranched alkanes of at least 4 members (excludes halogenated alkanes) is 2. The van der Waals surface area contributed by atoms with Crippen LogP contribution >= 0.6 is 0 Å². The van der Waals surface area contributed by atoms with Crippen LogP contribution in [0.25, 0.3) is 0 Å². The molecule has 0 radical (unpaired) electrons. The molecular formula is C17H26N2O. The molecule has 110 valence electrons. The summed E-state index contributed by atoms with van der Waals surface area (Å²) in [5, 5.41) is 13.5. The van der Waals surface area contributed by atoms with Gasteiger partial charge in [-0.1, -0.05) is 38.0 Å². The lowest BCUT2D eigenvalue weighted by atomic mass is 10.2. The highest BCUT2D eigenvalue weighted by atomic mass is 16.3. The van der Waals surface area contributed by atoms with Crippen molar-refractivity contribution in [2.24, 2.45) is 0 Å². The van der Waals surface area contributed by atoms with Gasteiger partial charge in [0.1, 0.15) is 0 Å². The van der Waals surface area contributed by atoms with Gasteiger partial charge in [0.2, 0.25) is 0 Å². The molecule has 0 unspecified atom stereocenters. The first-order chi connectivity index (χ1) is 9.74. The quantitative estimate of drug-likeness (QED) is 0.382. The molecular weight excluding hydrogens is 248 g/mol. The lowest BCUT2D eigenvalue weighted by molar-refractivity contribution is 0.476. The molecule has 1 aromatic carbocycles. The largest absolute Gasteiger partial charge is 0.504 e. The predicted molar refractivity (Wildman–Crippen MR) is 88.7 cm³/mol. The fourth-order valence-electron chi connectivity index (χ4n) is 2.13. The molecule has 1 aromatic rings. The number of nitrogens with zero attached hydrogens (tertiary/aromatic N) is 1. The Morgan fingerprint density at radius 3 is 2.70 bits per heavy atom. The molecule has 0 fully saturated rings. The number of benzene rings is 1. The normalized spacial score (nSPS) is 10.1. The zero-order valence-corrected chi connectivity index (χ0v) is 12.4. The van der Waals surface area contributed by atoms with Crippen LogP contribution in [0.4, 0.5) is 11.4 Å². The summed E-state index contributed by atoms with van der Waals surface area (Å²) in [6, 6.07) is 5.78. The number of para-hydroxylation sites is 1. The Morgan fingerprint density at radius 1 is 1.25 bits per heavy atom.